The van der Waals surface area contributed by atoms with Crippen molar-refractivity contribution in [3.8, 4) is 10.6 Å². The van der Waals surface area contributed by atoms with E-state index in [1.54, 1.807) is 11.3 Å². The highest BCUT2D eigenvalue weighted by atomic mass is 79.9. The third-order valence-electron chi connectivity index (χ3n) is 3.61. The predicted octanol–water partition coefficient (Wildman–Crippen LogP) is 4.56. The fraction of sp³-hybridized carbons (Fsp3) is 0.400. The first-order chi connectivity index (χ1) is 9.06. The fourth-order valence-corrected chi connectivity index (χ4v) is 3.96. The molecule has 1 aliphatic rings. The molecule has 0 amide bonds. The first-order valence-corrected chi connectivity index (χ1v) is 8.12. The SMILES string of the molecule is Cc1cc(-c2nc3c(s2)CCCC3O)cc(C)c1Br. The molecule has 0 aliphatic heterocycles. The molecule has 2 aromatic rings. The number of hydrogen-bond donors (Lipinski definition) is 1. The van der Waals surface area contributed by atoms with Gasteiger partial charge in [0.05, 0.1) is 11.8 Å². The van der Waals surface area contributed by atoms with Crippen molar-refractivity contribution in [2.75, 3.05) is 0 Å². The summed E-state index contributed by atoms with van der Waals surface area (Å²) in [6, 6.07) is 4.32. The van der Waals surface area contributed by atoms with Gasteiger partial charge in [-0.1, -0.05) is 15.9 Å². The summed E-state index contributed by atoms with van der Waals surface area (Å²) in [4.78, 5) is 5.92. The second-order valence-electron chi connectivity index (χ2n) is 5.16. The van der Waals surface area contributed by atoms with Gasteiger partial charge in [0.2, 0.25) is 0 Å². The lowest BCUT2D eigenvalue weighted by atomic mass is 10.0. The van der Waals surface area contributed by atoms with Gasteiger partial charge in [-0.05, 0) is 56.4 Å². The lowest BCUT2D eigenvalue weighted by Gasteiger charge is -2.14. The first kappa shape index (κ1) is 13.3. The van der Waals surface area contributed by atoms with Crippen molar-refractivity contribution in [1.29, 1.82) is 0 Å². The van der Waals surface area contributed by atoms with E-state index in [4.69, 9.17) is 0 Å². The molecule has 4 heteroatoms. The summed E-state index contributed by atoms with van der Waals surface area (Å²) in [7, 11) is 0. The van der Waals surface area contributed by atoms with Crippen LogP contribution in [0.15, 0.2) is 16.6 Å². The Balaban J connectivity index is 2.08. The summed E-state index contributed by atoms with van der Waals surface area (Å²) in [5, 5.41) is 11.0. The quantitative estimate of drug-likeness (QED) is 0.827. The summed E-state index contributed by atoms with van der Waals surface area (Å²) in [6.45, 7) is 4.20. The van der Waals surface area contributed by atoms with Gasteiger partial charge in [0.15, 0.2) is 0 Å². The number of aryl methyl sites for hydroxylation is 3. The van der Waals surface area contributed by atoms with Crippen LogP contribution in [0.4, 0.5) is 0 Å². The lowest BCUT2D eigenvalue weighted by Crippen LogP contribution is -2.07. The molecule has 0 saturated heterocycles. The Morgan fingerprint density at radius 1 is 1.32 bits per heavy atom. The topological polar surface area (TPSA) is 33.1 Å². The van der Waals surface area contributed by atoms with Crippen LogP contribution in [0.25, 0.3) is 10.6 Å². The Labute approximate surface area is 125 Å². The minimum atomic E-state index is -0.369. The van der Waals surface area contributed by atoms with E-state index in [0.29, 0.717) is 0 Å². The molecule has 0 spiro atoms. The zero-order valence-corrected chi connectivity index (χ0v) is 13.4. The highest BCUT2D eigenvalue weighted by Crippen LogP contribution is 2.38. The minimum absolute atomic E-state index is 0.369. The van der Waals surface area contributed by atoms with Gasteiger partial charge in [-0.3, -0.25) is 0 Å². The molecule has 0 fully saturated rings. The first-order valence-electron chi connectivity index (χ1n) is 6.51. The number of hydrogen-bond acceptors (Lipinski definition) is 3. The van der Waals surface area contributed by atoms with Crippen LogP contribution < -0.4 is 0 Å². The van der Waals surface area contributed by atoms with Gasteiger partial charge in [-0.15, -0.1) is 11.3 Å². The highest BCUT2D eigenvalue weighted by molar-refractivity contribution is 9.10. The number of benzene rings is 1. The van der Waals surface area contributed by atoms with Gasteiger partial charge >= 0.3 is 0 Å². The largest absolute Gasteiger partial charge is 0.387 e. The van der Waals surface area contributed by atoms with E-state index < -0.39 is 0 Å². The smallest absolute Gasteiger partial charge is 0.124 e. The van der Waals surface area contributed by atoms with Crippen LogP contribution in [0.5, 0.6) is 0 Å². The molecule has 1 aliphatic carbocycles. The van der Waals surface area contributed by atoms with E-state index in [1.165, 1.54) is 16.0 Å². The maximum absolute atomic E-state index is 10.0. The summed E-state index contributed by atoms with van der Waals surface area (Å²) < 4.78 is 1.16. The predicted molar refractivity (Wildman–Crippen MR) is 82.6 cm³/mol. The third kappa shape index (κ3) is 2.37. The van der Waals surface area contributed by atoms with Crippen LogP contribution in [-0.4, -0.2) is 10.1 Å². The summed E-state index contributed by atoms with van der Waals surface area (Å²) in [5.74, 6) is 0. The number of halogens is 1. The Morgan fingerprint density at radius 2 is 2.00 bits per heavy atom. The second-order valence-corrected chi connectivity index (χ2v) is 7.04. The molecule has 0 bridgehead atoms. The van der Waals surface area contributed by atoms with Gasteiger partial charge in [-0.25, -0.2) is 4.98 Å². The molecule has 2 nitrogen and oxygen atoms in total. The molecule has 1 N–H and O–H groups in total. The van der Waals surface area contributed by atoms with Crippen molar-refractivity contribution < 1.29 is 5.11 Å². The number of thiazole rings is 1. The molecular weight excluding hydrogens is 322 g/mol. The van der Waals surface area contributed by atoms with Crippen molar-refractivity contribution in [1.82, 2.24) is 4.98 Å². The van der Waals surface area contributed by atoms with Crippen LogP contribution in [0.2, 0.25) is 0 Å². The van der Waals surface area contributed by atoms with Crippen LogP contribution in [0, 0.1) is 13.8 Å². The van der Waals surface area contributed by atoms with Crippen molar-refractivity contribution in [3.05, 3.63) is 38.3 Å². The van der Waals surface area contributed by atoms with Crippen LogP contribution in [-0.2, 0) is 6.42 Å². The zero-order chi connectivity index (χ0) is 13.6. The fourth-order valence-electron chi connectivity index (χ4n) is 2.59. The monoisotopic (exact) mass is 337 g/mol. The van der Waals surface area contributed by atoms with E-state index in [9.17, 15) is 5.11 Å². The number of aliphatic hydroxyl groups is 1. The standard InChI is InChI=1S/C15H16BrNOS/c1-8-6-10(7-9(2)13(8)16)15-17-14-11(18)4-3-5-12(14)19-15/h6-7,11,18H,3-5H2,1-2H3. The van der Waals surface area contributed by atoms with Crippen molar-refractivity contribution in [3.63, 3.8) is 0 Å². The van der Waals surface area contributed by atoms with Gasteiger partial charge in [0.1, 0.15) is 5.01 Å². The van der Waals surface area contributed by atoms with Crippen LogP contribution in [0.1, 0.15) is 40.6 Å². The molecule has 1 aromatic heterocycles. The van der Waals surface area contributed by atoms with E-state index in [2.05, 4.69) is 46.9 Å². The van der Waals surface area contributed by atoms with Crippen LogP contribution in [0.3, 0.4) is 0 Å². The summed E-state index contributed by atoms with van der Waals surface area (Å²) in [5.41, 5.74) is 4.52. The molecule has 1 heterocycles. The molecule has 3 rings (SSSR count). The average Bonchev–Trinajstić information content (AvgIpc) is 2.81. The molecule has 0 saturated carbocycles. The summed E-state index contributed by atoms with van der Waals surface area (Å²) >= 11 is 5.32. The van der Waals surface area contributed by atoms with Crippen molar-refractivity contribution in [2.24, 2.45) is 0 Å². The number of fused-ring (bicyclic) bond motifs is 1. The molecular formula is C15H16BrNOS. The van der Waals surface area contributed by atoms with Crippen LogP contribution >= 0.6 is 27.3 Å². The molecule has 1 atom stereocenters. The van der Waals surface area contributed by atoms with Crippen molar-refractivity contribution in [2.45, 2.75) is 39.2 Å². The second kappa shape index (κ2) is 5.00. The lowest BCUT2D eigenvalue weighted by molar-refractivity contribution is 0.153. The normalized spacial score (nSPS) is 18.4. The van der Waals surface area contributed by atoms with E-state index in [-0.39, 0.29) is 6.10 Å². The van der Waals surface area contributed by atoms with Crippen molar-refractivity contribution >= 4 is 27.3 Å². The zero-order valence-electron chi connectivity index (χ0n) is 11.0. The number of rotatable bonds is 1. The average molecular weight is 338 g/mol. The van der Waals surface area contributed by atoms with E-state index >= 15 is 0 Å². The van der Waals surface area contributed by atoms with Gasteiger partial charge < -0.3 is 5.11 Å². The Kier molecular flexibility index (Phi) is 3.50. The Bertz CT molecular complexity index is 612. The Morgan fingerprint density at radius 3 is 2.63 bits per heavy atom. The van der Waals surface area contributed by atoms with Gasteiger partial charge in [0.25, 0.3) is 0 Å². The molecule has 0 radical (unpaired) electrons. The highest BCUT2D eigenvalue weighted by Gasteiger charge is 2.23. The number of aliphatic hydroxyl groups excluding tert-OH is 1. The number of nitrogens with zero attached hydrogens (tertiary/aromatic N) is 1. The molecule has 1 aromatic carbocycles. The minimum Gasteiger partial charge on any atom is -0.387 e. The molecule has 100 valence electrons. The Hall–Kier alpha value is -0.710. The maximum atomic E-state index is 10.0. The van der Waals surface area contributed by atoms with E-state index in [0.717, 1.165) is 40.0 Å². The van der Waals surface area contributed by atoms with Gasteiger partial charge in [-0.2, -0.15) is 0 Å². The molecule has 1 unspecified atom stereocenters. The third-order valence-corrected chi connectivity index (χ3v) is 6.04. The van der Waals surface area contributed by atoms with E-state index in [1.807, 2.05) is 0 Å². The van der Waals surface area contributed by atoms with Gasteiger partial charge in [0, 0.05) is 14.9 Å². The molecule has 19 heavy (non-hydrogen) atoms. The maximum Gasteiger partial charge on any atom is 0.124 e. The number of aromatic nitrogens is 1. The summed E-state index contributed by atoms with van der Waals surface area (Å²) in [6.07, 6.45) is 2.59.